The van der Waals surface area contributed by atoms with Crippen molar-refractivity contribution in [1.29, 1.82) is 0 Å². The van der Waals surface area contributed by atoms with Crippen LogP contribution in [-0.4, -0.2) is 17.2 Å². The average molecular weight is 280 g/mol. The molecule has 2 aromatic carbocycles. The van der Waals surface area contributed by atoms with Gasteiger partial charge in [-0.05, 0) is 17.7 Å². The Hall–Kier alpha value is -2.65. The molecule has 1 unspecified atom stereocenters. The highest BCUT2D eigenvalue weighted by Crippen LogP contribution is 2.13. The number of aliphatic hydroxyl groups is 1. The van der Waals surface area contributed by atoms with E-state index in [0.717, 1.165) is 5.56 Å². The van der Waals surface area contributed by atoms with Crippen molar-refractivity contribution in [3.8, 4) is 5.75 Å². The highest BCUT2D eigenvalue weighted by Gasteiger charge is 2.16. The number of para-hydroxylation sites is 1. The molecule has 21 heavy (non-hydrogen) atoms. The summed E-state index contributed by atoms with van der Waals surface area (Å²) in [7, 11) is 0. The van der Waals surface area contributed by atoms with Gasteiger partial charge >= 0.3 is 5.97 Å². The Morgan fingerprint density at radius 3 is 2.24 bits per heavy atom. The number of aliphatic hydroxyl groups excluding tert-OH is 1. The van der Waals surface area contributed by atoms with Gasteiger partial charge in [0.15, 0.2) is 0 Å². The third kappa shape index (κ3) is 4.44. The van der Waals surface area contributed by atoms with Gasteiger partial charge in [-0.3, -0.25) is 0 Å². The fraction of sp³-hybridized carbons (Fsp3) is 0.0556. The molecule has 0 spiro atoms. The Labute approximate surface area is 123 Å². The zero-order valence-corrected chi connectivity index (χ0v) is 11.5. The molecule has 0 fully saturated rings. The molecule has 106 valence electrons. The smallest absolute Gasteiger partial charge is 0.341 e. The highest BCUT2D eigenvalue weighted by molar-refractivity contribution is 5.91. The van der Waals surface area contributed by atoms with Crippen LogP contribution in [0.1, 0.15) is 5.56 Å². The van der Waals surface area contributed by atoms with Crippen molar-refractivity contribution in [2.24, 2.45) is 0 Å². The minimum atomic E-state index is -1.08. The van der Waals surface area contributed by atoms with Gasteiger partial charge in [0.05, 0.1) is 5.57 Å². The van der Waals surface area contributed by atoms with Crippen LogP contribution in [0, 0.1) is 0 Å². The first kappa shape index (κ1) is 14.8. The Morgan fingerprint density at radius 2 is 1.62 bits per heavy atom. The molecular weight excluding hydrogens is 264 g/mol. The summed E-state index contributed by atoms with van der Waals surface area (Å²) in [5.74, 6) is -0.227. The minimum Gasteiger partial charge on any atom is -0.423 e. The van der Waals surface area contributed by atoms with E-state index >= 15 is 0 Å². The molecule has 1 atom stereocenters. The van der Waals surface area contributed by atoms with Crippen molar-refractivity contribution in [3.05, 3.63) is 84.5 Å². The zero-order valence-electron chi connectivity index (χ0n) is 11.5. The number of benzene rings is 2. The lowest BCUT2D eigenvalue weighted by Crippen LogP contribution is -2.19. The Bertz CT molecular complexity index is 630. The molecule has 0 aliphatic heterocycles. The SMILES string of the molecule is C=C(C(=O)Oc1ccccc1)C(O)C=Cc1ccccc1. The van der Waals surface area contributed by atoms with Crippen LogP contribution in [0.2, 0.25) is 0 Å². The summed E-state index contributed by atoms with van der Waals surface area (Å²) < 4.78 is 5.12. The number of rotatable bonds is 5. The Balaban J connectivity index is 1.96. The first-order chi connectivity index (χ1) is 10.2. The van der Waals surface area contributed by atoms with E-state index in [0.29, 0.717) is 5.75 Å². The van der Waals surface area contributed by atoms with Crippen molar-refractivity contribution in [2.45, 2.75) is 6.10 Å². The summed E-state index contributed by atoms with van der Waals surface area (Å²) in [6, 6.07) is 18.2. The molecule has 0 amide bonds. The molecule has 1 N–H and O–H groups in total. The van der Waals surface area contributed by atoms with E-state index in [1.54, 1.807) is 30.3 Å². The molecule has 0 saturated heterocycles. The van der Waals surface area contributed by atoms with Crippen molar-refractivity contribution in [1.82, 2.24) is 0 Å². The third-order valence-electron chi connectivity index (χ3n) is 2.84. The van der Waals surface area contributed by atoms with Gasteiger partial charge in [-0.1, -0.05) is 67.3 Å². The van der Waals surface area contributed by atoms with Crippen LogP contribution < -0.4 is 4.74 Å². The van der Waals surface area contributed by atoms with Gasteiger partial charge in [0.2, 0.25) is 0 Å². The summed E-state index contributed by atoms with van der Waals surface area (Å²) in [5.41, 5.74) is 0.923. The number of hydrogen-bond acceptors (Lipinski definition) is 3. The van der Waals surface area contributed by atoms with Gasteiger partial charge in [0, 0.05) is 0 Å². The molecule has 0 heterocycles. The number of ether oxygens (including phenoxy) is 1. The van der Waals surface area contributed by atoms with E-state index in [-0.39, 0.29) is 5.57 Å². The molecule has 0 aliphatic rings. The molecule has 0 bridgehead atoms. The van der Waals surface area contributed by atoms with Crippen molar-refractivity contribution >= 4 is 12.0 Å². The van der Waals surface area contributed by atoms with Crippen molar-refractivity contribution < 1.29 is 14.6 Å². The lowest BCUT2D eigenvalue weighted by molar-refractivity contribution is -0.130. The second-order valence-electron chi connectivity index (χ2n) is 4.44. The lowest BCUT2D eigenvalue weighted by Gasteiger charge is -2.09. The van der Waals surface area contributed by atoms with E-state index in [1.807, 2.05) is 36.4 Å². The van der Waals surface area contributed by atoms with E-state index in [1.165, 1.54) is 6.08 Å². The van der Waals surface area contributed by atoms with Crippen molar-refractivity contribution in [3.63, 3.8) is 0 Å². The quantitative estimate of drug-likeness (QED) is 0.519. The van der Waals surface area contributed by atoms with E-state index in [4.69, 9.17) is 4.74 Å². The summed E-state index contributed by atoms with van der Waals surface area (Å²) >= 11 is 0. The molecule has 0 aromatic heterocycles. The fourth-order valence-corrected chi connectivity index (χ4v) is 1.66. The van der Waals surface area contributed by atoms with E-state index in [9.17, 15) is 9.90 Å². The summed E-state index contributed by atoms with van der Waals surface area (Å²) in [4.78, 5) is 11.8. The second kappa shape index (κ2) is 7.22. The van der Waals surface area contributed by atoms with Crippen LogP contribution >= 0.6 is 0 Å². The number of carbonyl (C=O) groups is 1. The molecule has 3 nitrogen and oxygen atoms in total. The van der Waals surface area contributed by atoms with Crippen LogP contribution in [-0.2, 0) is 4.79 Å². The molecular formula is C18H16O3. The first-order valence-corrected chi connectivity index (χ1v) is 6.54. The summed E-state index contributed by atoms with van der Waals surface area (Å²) in [5, 5.41) is 9.94. The Morgan fingerprint density at radius 1 is 1.05 bits per heavy atom. The molecule has 2 rings (SSSR count). The fourth-order valence-electron chi connectivity index (χ4n) is 1.66. The zero-order chi connectivity index (χ0) is 15.1. The maximum Gasteiger partial charge on any atom is 0.341 e. The predicted octanol–water partition coefficient (Wildman–Crippen LogP) is 3.22. The number of hydrogen-bond donors (Lipinski definition) is 1. The van der Waals surface area contributed by atoms with Gasteiger partial charge in [-0.25, -0.2) is 4.79 Å². The van der Waals surface area contributed by atoms with Gasteiger partial charge in [-0.2, -0.15) is 0 Å². The van der Waals surface area contributed by atoms with Crippen molar-refractivity contribution in [2.75, 3.05) is 0 Å². The average Bonchev–Trinajstić information content (AvgIpc) is 2.53. The van der Waals surface area contributed by atoms with Gasteiger partial charge in [-0.15, -0.1) is 0 Å². The van der Waals surface area contributed by atoms with E-state index < -0.39 is 12.1 Å². The lowest BCUT2D eigenvalue weighted by atomic mass is 10.1. The van der Waals surface area contributed by atoms with Gasteiger partial charge < -0.3 is 9.84 Å². The van der Waals surface area contributed by atoms with Crippen LogP contribution in [0.3, 0.4) is 0 Å². The molecule has 0 radical (unpaired) electrons. The second-order valence-corrected chi connectivity index (χ2v) is 4.44. The maximum atomic E-state index is 11.8. The van der Waals surface area contributed by atoms with Gasteiger partial charge in [0.1, 0.15) is 11.9 Å². The minimum absolute atomic E-state index is 0.00830. The highest BCUT2D eigenvalue weighted by atomic mass is 16.5. The molecule has 0 saturated carbocycles. The largest absolute Gasteiger partial charge is 0.423 e. The van der Waals surface area contributed by atoms with Gasteiger partial charge in [0.25, 0.3) is 0 Å². The monoisotopic (exact) mass is 280 g/mol. The normalized spacial score (nSPS) is 12.0. The molecule has 0 aliphatic carbocycles. The first-order valence-electron chi connectivity index (χ1n) is 6.54. The van der Waals surface area contributed by atoms with Crippen LogP contribution in [0.25, 0.3) is 6.08 Å². The molecule has 2 aromatic rings. The molecule has 3 heteroatoms. The summed E-state index contributed by atoms with van der Waals surface area (Å²) in [6.45, 7) is 3.59. The van der Waals surface area contributed by atoms with Crippen LogP contribution in [0.4, 0.5) is 0 Å². The number of carbonyl (C=O) groups excluding carboxylic acids is 1. The standard InChI is InChI=1S/C18H16O3/c1-14(18(20)21-16-10-6-3-7-11-16)17(19)13-12-15-8-4-2-5-9-15/h2-13,17,19H,1H2. The van der Waals surface area contributed by atoms with E-state index in [2.05, 4.69) is 6.58 Å². The topological polar surface area (TPSA) is 46.5 Å². The Kier molecular flexibility index (Phi) is 5.07. The van der Waals surface area contributed by atoms with Crippen LogP contribution in [0.15, 0.2) is 78.9 Å². The third-order valence-corrected chi connectivity index (χ3v) is 2.84. The number of esters is 1. The predicted molar refractivity (Wildman–Crippen MR) is 82.7 cm³/mol. The summed E-state index contributed by atoms with van der Waals surface area (Å²) in [6.07, 6.45) is 2.15. The van der Waals surface area contributed by atoms with Crippen LogP contribution in [0.5, 0.6) is 5.75 Å². The maximum absolute atomic E-state index is 11.8.